The summed E-state index contributed by atoms with van der Waals surface area (Å²) in [5.41, 5.74) is -0.552. The van der Waals surface area contributed by atoms with Crippen LogP contribution in [0.2, 0.25) is 0 Å². The summed E-state index contributed by atoms with van der Waals surface area (Å²) in [6, 6.07) is 4.56. The highest BCUT2D eigenvalue weighted by atomic mass is 32.2. The van der Waals surface area contributed by atoms with Crippen LogP contribution in [-0.4, -0.2) is 25.0 Å². The van der Waals surface area contributed by atoms with E-state index in [0.29, 0.717) is 28.2 Å². The van der Waals surface area contributed by atoms with E-state index < -0.39 is 11.7 Å². The molecule has 0 aliphatic heterocycles. The molecule has 3 aromatic rings. The second-order valence-corrected chi connectivity index (χ2v) is 7.74. The molecule has 144 valence electrons. The van der Waals surface area contributed by atoms with E-state index in [0.717, 1.165) is 12.1 Å². The normalized spacial score (nSPS) is 12.5. The van der Waals surface area contributed by atoms with Gasteiger partial charge in [0.05, 0.1) is 11.3 Å². The van der Waals surface area contributed by atoms with E-state index in [1.54, 1.807) is 0 Å². The fourth-order valence-corrected chi connectivity index (χ4v) is 2.95. The van der Waals surface area contributed by atoms with Crippen LogP contribution in [0, 0.1) is 0 Å². The number of benzene rings is 1. The molecule has 3 rings (SSSR count). The summed E-state index contributed by atoms with van der Waals surface area (Å²) >= 11 is 1.27. The van der Waals surface area contributed by atoms with E-state index in [9.17, 15) is 13.2 Å². The van der Waals surface area contributed by atoms with Crippen molar-refractivity contribution in [2.45, 2.75) is 43.3 Å². The largest absolute Gasteiger partial charge is 0.416 e. The summed E-state index contributed by atoms with van der Waals surface area (Å²) in [4.78, 5) is 4.19. The third-order valence-electron chi connectivity index (χ3n) is 3.60. The zero-order valence-corrected chi connectivity index (χ0v) is 15.6. The minimum atomic E-state index is -4.39. The van der Waals surface area contributed by atoms with Gasteiger partial charge in [0.15, 0.2) is 5.82 Å². The number of nitrogen functional groups attached to an aromatic ring is 1. The number of nitrogens with zero attached hydrogens (tertiary/aromatic N) is 5. The number of alkyl halides is 3. The van der Waals surface area contributed by atoms with Gasteiger partial charge in [-0.05, 0) is 12.1 Å². The molecule has 0 fully saturated rings. The highest BCUT2D eigenvalue weighted by Gasteiger charge is 2.30. The number of aromatic nitrogens is 5. The van der Waals surface area contributed by atoms with Gasteiger partial charge < -0.3 is 10.4 Å². The summed E-state index contributed by atoms with van der Waals surface area (Å²) in [7, 11) is 0. The van der Waals surface area contributed by atoms with E-state index in [2.05, 4.69) is 20.3 Å². The lowest BCUT2D eigenvalue weighted by atomic mass is 9.96. The predicted molar refractivity (Wildman–Crippen MR) is 93.2 cm³/mol. The second-order valence-electron chi connectivity index (χ2n) is 6.80. The van der Waals surface area contributed by atoms with Crippen LogP contribution in [0.3, 0.4) is 0 Å². The Kier molecular flexibility index (Phi) is 4.89. The second kappa shape index (κ2) is 6.87. The molecule has 0 radical (unpaired) electrons. The van der Waals surface area contributed by atoms with Crippen LogP contribution >= 0.6 is 11.8 Å². The zero-order chi connectivity index (χ0) is 19.8. The average Bonchev–Trinajstić information content (AvgIpc) is 3.18. The van der Waals surface area contributed by atoms with Crippen molar-refractivity contribution in [1.29, 1.82) is 0 Å². The first kappa shape index (κ1) is 19.2. The first-order chi connectivity index (χ1) is 12.6. The molecule has 2 aromatic heterocycles. The number of hydrogen-bond donors (Lipinski definition) is 1. The minimum Gasteiger partial charge on any atom is -0.338 e. The highest BCUT2D eigenvalue weighted by molar-refractivity contribution is 7.98. The molecule has 0 atom stereocenters. The van der Waals surface area contributed by atoms with Crippen LogP contribution in [0.4, 0.5) is 13.2 Å². The summed E-state index contributed by atoms with van der Waals surface area (Å²) < 4.78 is 44.4. The number of nitrogens with two attached hydrogens (primary N) is 1. The number of rotatable bonds is 4. The Hall–Kier alpha value is -2.56. The average molecular weight is 398 g/mol. The van der Waals surface area contributed by atoms with Crippen molar-refractivity contribution >= 4 is 11.8 Å². The van der Waals surface area contributed by atoms with Gasteiger partial charge >= 0.3 is 6.18 Å². The van der Waals surface area contributed by atoms with Gasteiger partial charge in [-0.1, -0.05) is 49.8 Å². The quantitative estimate of drug-likeness (QED) is 0.529. The Morgan fingerprint density at radius 3 is 2.33 bits per heavy atom. The van der Waals surface area contributed by atoms with Gasteiger partial charge in [0.2, 0.25) is 16.9 Å². The van der Waals surface area contributed by atoms with Crippen LogP contribution in [0.25, 0.3) is 11.4 Å². The minimum absolute atomic E-state index is 0.212. The molecule has 2 heterocycles. The van der Waals surface area contributed by atoms with Crippen molar-refractivity contribution < 1.29 is 17.7 Å². The maximum absolute atomic E-state index is 12.6. The smallest absolute Gasteiger partial charge is 0.338 e. The molecule has 11 heteroatoms. The Labute approximate surface area is 157 Å². The lowest BCUT2D eigenvalue weighted by Gasteiger charge is -2.16. The molecule has 0 bridgehead atoms. The maximum Gasteiger partial charge on any atom is 0.416 e. The molecule has 0 spiro atoms. The topological polar surface area (TPSA) is 95.6 Å². The van der Waals surface area contributed by atoms with Crippen molar-refractivity contribution in [3.8, 4) is 11.4 Å². The third-order valence-corrected chi connectivity index (χ3v) is 4.53. The summed E-state index contributed by atoms with van der Waals surface area (Å²) in [6.07, 6.45) is -4.39. The monoisotopic (exact) mass is 398 g/mol. The third kappa shape index (κ3) is 4.24. The molecule has 0 amide bonds. The molecule has 0 saturated carbocycles. The van der Waals surface area contributed by atoms with Crippen molar-refractivity contribution in [1.82, 2.24) is 25.0 Å². The van der Waals surface area contributed by atoms with Gasteiger partial charge in [-0.3, -0.25) is 0 Å². The lowest BCUT2D eigenvalue weighted by molar-refractivity contribution is -0.137. The lowest BCUT2D eigenvalue weighted by Crippen LogP contribution is -2.24. The molecular formula is C16H17F3N6OS. The van der Waals surface area contributed by atoms with Gasteiger partial charge in [0, 0.05) is 11.0 Å². The number of thioether (sulfide) groups is 1. The van der Waals surface area contributed by atoms with Crippen molar-refractivity contribution in [2.24, 2.45) is 0 Å². The maximum atomic E-state index is 12.6. The van der Waals surface area contributed by atoms with Crippen LogP contribution in [0.5, 0.6) is 0 Å². The van der Waals surface area contributed by atoms with Crippen molar-refractivity contribution in [2.75, 3.05) is 5.84 Å². The number of halogens is 3. The Bertz CT molecular complexity index is 927. The van der Waals surface area contributed by atoms with Gasteiger partial charge in [-0.25, -0.2) is 4.68 Å². The molecule has 2 N–H and O–H groups in total. The molecule has 1 aromatic carbocycles. The Balaban J connectivity index is 1.69. The van der Waals surface area contributed by atoms with Crippen molar-refractivity contribution in [3.63, 3.8) is 0 Å². The van der Waals surface area contributed by atoms with Crippen LogP contribution in [0.15, 0.2) is 33.9 Å². The van der Waals surface area contributed by atoms with Crippen LogP contribution in [0.1, 0.15) is 38.0 Å². The molecule has 7 nitrogen and oxygen atoms in total. The zero-order valence-electron chi connectivity index (χ0n) is 14.8. The van der Waals surface area contributed by atoms with Crippen LogP contribution < -0.4 is 5.84 Å². The van der Waals surface area contributed by atoms with E-state index >= 15 is 0 Å². The highest BCUT2D eigenvalue weighted by Crippen LogP contribution is 2.31. The molecule has 0 saturated heterocycles. The van der Waals surface area contributed by atoms with Gasteiger partial charge in [0.25, 0.3) is 0 Å². The summed E-state index contributed by atoms with van der Waals surface area (Å²) in [6.45, 7) is 5.93. The molecule has 27 heavy (non-hydrogen) atoms. The van der Waals surface area contributed by atoms with Gasteiger partial charge in [-0.2, -0.15) is 18.2 Å². The standard InChI is InChI=1S/C16H17F3N6OS/c1-15(2,3)13-22-23-14(25(13)20)27-8-11-21-12(24-26-11)9-4-6-10(7-5-9)16(17,18)19/h4-7H,8,20H2,1-3H3. The molecular weight excluding hydrogens is 381 g/mol. The van der Waals surface area contributed by atoms with E-state index in [1.165, 1.54) is 28.6 Å². The first-order valence-corrected chi connectivity index (χ1v) is 8.88. The van der Waals surface area contributed by atoms with Gasteiger partial charge in [-0.15, -0.1) is 10.2 Å². The predicted octanol–water partition coefficient (Wildman–Crippen LogP) is 3.65. The molecule has 0 unspecified atom stereocenters. The Morgan fingerprint density at radius 1 is 1.11 bits per heavy atom. The fourth-order valence-electron chi connectivity index (χ4n) is 2.25. The molecule has 0 aliphatic rings. The van der Waals surface area contributed by atoms with Crippen LogP contribution in [-0.2, 0) is 17.3 Å². The van der Waals surface area contributed by atoms with Gasteiger partial charge in [0.1, 0.15) is 0 Å². The summed E-state index contributed by atoms with van der Waals surface area (Å²) in [5.74, 6) is 7.46. The van der Waals surface area contributed by atoms with E-state index in [1.807, 2.05) is 20.8 Å². The summed E-state index contributed by atoms with van der Waals surface area (Å²) in [5, 5.41) is 12.4. The molecule has 0 aliphatic carbocycles. The van der Waals surface area contributed by atoms with E-state index in [-0.39, 0.29) is 11.2 Å². The van der Waals surface area contributed by atoms with Crippen molar-refractivity contribution in [3.05, 3.63) is 41.5 Å². The first-order valence-electron chi connectivity index (χ1n) is 7.89. The number of hydrogen-bond acceptors (Lipinski definition) is 7. The fraction of sp³-hybridized carbons (Fsp3) is 0.375. The Morgan fingerprint density at radius 2 is 1.78 bits per heavy atom. The van der Waals surface area contributed by atoms with E-state index in [4.69, 9.17) is 10.4 Å². The SMILES string of the molecule is CC(C)(C)c1nnc(SCc2nc(-c3ccc(C(F)(F)F)cc3)no2)n1N.